The van der Waals surface area contributed by atoms with E-state index in [-0.39, 0.29) is 12.6 Å². The summed E-state index contributed by atoms with van der Waals surface area (Å²) >= 11 is 1.69. The Labute approximate surface area is 146 Å². The van der Waals surface area contributed by atoms with Crippen molar-refractivity contribution >= 4 is 17.7 Å². The number of thioether (sulfide) groups is 1. The Morgan fingerprint density at radius 3 is 2.25 bits per heavy atom. The monoisotopic (exact) mass is 334 g/mol. The van der Waals surface area contributed by atoms with E-state index in [4.69, 9.17) is 4.74 Å². The number of esters is 1. The molecule has 120 valence electrons. The van der Waals surface area contributed by atoms with Crippen LogP contribution in [0.25, 0.3) is 11.1 Å². The van der Waals surface area contributed by atoms with E-state index in [0.29, 0.717) is 5.56 Å². The molecule has 0 aliphatic rings. The van der Waals surface area contributed by atoms with E-state index >= 15 is 0 Å². The van der Waals surface area contributed by atoms with E-state index in [1.165, 1.54) is 4.90 Å². The molecule has 0 radical (unpaired) electrons. The van der Waals surface area contributed by atoms with Crippen LogP contribution in [0.1, 0.15) is 15.9 Å². The third-order valence-corrected chi connectivity index (χ3v) is 4.50. The summed E-state index contributed by atoms with van der Waals surface area (Å²) in [5.41, 5.74) is 3.47. The Morgan fingerprint density at radius 2 is 1.54 bits per heavy atom. The number of benzene rings is 3. The molecule has 0 amide bonds. The highest BCUT2D eigenvalue weighted by molar-refractivity contribution is 7.98. The molecule has 3 aromatic carbocycles. The number of carbonyl (C=O) groups excluding carboxylic acids is 1. The van der Waals surface area contributed by atoms with Gasteiger partial charge in [-0.05, 0) is 41.1 Å². The summed E-state index contributed by atoms with van der Waals surface area (Å²) in [6, 6.07) is 25.5. The molecule has 3 aromatic rings. The van der Waals surface area contributed by atoms with Gasteiger partial charge in [0.25, 0.3) is 0 Å². The quantitative estimate of drug-likeness (QED) is 0.459. The van der Waals surface area contributed by atoms with Crippen molar-refractivity contribution in [2.75, 3.05) is 6.26 Å². The normalized spacial score (nSPS) is 10.4. The van der Waals surface area contributed by atoms with E-state index in [1.807, 2.05) is 85.1 Å². The first kappa shape index (κ1) is 16.3. The highest BCUT2D eigenvalue weighted by atomic mass is 32.2. The maximum atomic E-state index is 12.5. The third-order valence-electron chi connectivity index (χ3n) is 3.76. The molecule has 0 spiro atoms. The van der Waals surface area contributed by atoms with Gasteiger partial charge in [0.2, 0.25) is 0 Å². The van der Waals surface area contributed by atoms with Crippen molar-refractivity contribution in [3.05, 3.63) is 90.0 Å². The van der Waals surface area contributed by atoms with E-state index in [1.54, 1.807) is 11.8 Å². The Morgan fingerprint density at radius 1 is 0.875 bits per heavy atom. The molecule has 0 aliphatic carbocycles. The molecule has 0 fully saturated rings. The SMILES string of the molecule is CSc1ccc(COC(=O)c2ccccc2-c2ccccc2)cc1. The number of ether oxygens (including phenoxy) is 1. The predicted molar refractivity (Wildman–Crippen MR) is 99.2 cm³/mol. The van der Waals surface area contributed by atoms with E-state index in [2.05, 4.69) is 0 Å². The summed E-state index contributed by atoms with van der Waals surface area (Å²) in [6.45, 7) is 0.274. The molecule has 0 aliphatic heterocycles. The van der Waals surface area contributed by atoms with Crippen molar-refractivity contribution in [1.82, 2.24) is 0 Å². The van der Waals surface area contributed by atoms with Gasteiger partial charge in [0.15, 0.2) is 0 Å². The van der Waals surface area contributed by atoms with Gasteiger partial charge >= 0.3 is 5.97 Å². The molecule has 3 heteroatoms. The van der Waals surface area contributed by atoms with Crippen LogP contribution in [0.4, 0.5) is 0 Å². The van der Waals surface area contributed by atoms with Crippen molar-refractivity contribution in [3.63, 3.8) is 0 Å². The van der Waals surface area contributed by atoms with E-state index in [9.17, 15) is 4.79 Å². The lowest BCUT2D eigenvalue weighted by Gasteiger charge is -2.10. The van der Waals surface area contributed by atoms with Crippen molar-refractivity contribution in [2.45, 2.75) is 11.5 Å². The zero-order valence-corrected chi connectivity index (χ0v) is 14.3. The summed E-state index contributed by atoms with van der Waals surface area (Å²) in [6.07, 6.45) is 2.04. The van der Waals surface area contributed by atoms with Crippen LogP contribution >= 0.6 is 11.8 Å². The highest BCUT2D eigenvalue weighted by Crippen LogP contribution is 2.24. The van der Waals surface area contributed by atoms with E-state index in [0.717, 1.165) is 16.7 Å². The lowest BCUT2D eigenvalue weighted by atomic mass is 10.00. The maximum absolute atomic E-state index is 12.5. The molecule has 0 saturated heterocycles. The van der Waals surface area contributed by atoms with Gasteiger partial charge in [-0.1, -0.05) is 60.7 Å². The van der Waals surface area contributed by atoms with Crippen LogP contribution in [-0.4, -0.2) is 12.2 Å². The predicted octanol–water partition coefficient (Wildman–Crippen LogP) is 5.43. The molecular weight excluding hydrogens is 316 g/mol. The molecule has 0 bridgehead atoms. The van der Waals surface area contributed by atoms with Crippen LogP contribution < -0.4 is 0 Å². The molecular formula is C21H18O2S. The lowest BCUT2D eigenvalue weighted by Crippen LogP contribution is -2.07. The zero-order chi connectivity index (χ0) is 16.8. The van der Waals surface area contributed by atoms with Gasteiger partial charge < -0.3 is 4.74 Å². The van der Waals surface area contributed by atoms with Crippen LogP contribution in [0.3, 0.4) is 0 Å². The topological polar surface area (TPSA) is 26.3 Å². The van der Waals surface area contributed by atoms with Crippen molar-refractivity contribution < 1.29 is 9.53 Å². The van der Waals surface area contributed by atoms with Gasteiger partial charge in [-0.15, -0.1) is 11.8 Å². The Kier molecular flexibility index (Phi) is 5.34. The second-order valence-corrected chi connectivity index (χ2v) is 6.22. The first-order valence-electron chi connectivity index (χ1n) is 7.72. The van der Waals surface area contributed by atoms with Crippen LogP contribution in [0.15, 0.2) is 83.8 Å². The molecule has 0 N–H and O–H groups in total. The van der Waals surface area contributed by atoms with Crippen LogP contribution in [0.2, 0.25) is 0 Å². The first-order valence-corrected chi connectivity index (χ1v) is 8.95. The highest BCUT2D eigenvalue weighted by Gasteiger charge is 2.13. The zero-order valence-electron chi connectivity index (χ0n) is 13.4. The molecule has 24 heavy (non-hydrogen) atoms. The summed E-state index contributed by atoms with van der Waals surface area (Å²) in [5.74, 6) is -0.302. The molecule has 0 atom stereocenters. The summed E-state index contributed by atoms with van der Waals surface area (Å²) in [7, 11) is 0. The van der Waals surface area contributed by atoms with Gasteiger partial charge in [-0.2, -0.15) is 0 Å². The maximum Gasteiger partial charge on any atom is 0.339 e. The van der Waals surface area contributed by atoms with Crippen LogP contribution in [0.5, 0.6) is 0 Å². The average molecular weight is 334 g/mol. The number of hydrogen-bond acceptors (Lipinski definition) is 3. The average Bonchev–Trinajstić information content (AvgIpc) is 2.67. The van der Waals surface area contributed by atoms with Crippen LogP contribution in [0, 0.1) is 0 Å². The van der Waals surface area contributed by atoms with Gasteiger partial charge in [-0.25, -0.2) is 4.79 Å². The van der Waals surface area contributed by atoms with Crippen LogP contribution in [-0.2, 0) is 11.3 Å². The standard InChI is InChI=1S/C21H18O2S/c1-24-18-13-11-16(12-14-18)15-23-21(22)20-10-6-5-9-19(20)17-7-3-2-4-8-17/h2-14H,15H2,1H3. The van der Waals surface area contributed by atoms with Gasteiger partial charge in [0.05, 0.1) is 5.56 Å². The first-order chi connectivity index (χ1) is 11.8. The minimum absolute atomic E-state index is 0.274. The van der Waals surface area contributed by atoms with Gasteiger partial charge in [-0.3, -0.25) is 0 Å². The van der Waals surface area contributed by atoms with Gasteiger partial charge in [0.1, 0.15) is 6.61 Å². The number of rotatable bonds is 5. The minimum atomic E-state index is -0.302. The lowest BCUT2D eigenvalue weighted by molar-refractivity contribution is 0.0473. The largest absolute Gasteiger partial charge is 0.457 e. The molecule has 2 nitrogen and oxygen atoms in total. The fraction of sp³-hybridized carbons (Fsp3) is 0.0952. The summed E-state index contributed by atoms with van der Waals surface area (Å²) in [5, 5.41) is 0. The second kappa shape index (κ2) is 7.84. The molecule has 3 rings (SSSR count). The van der Waals surface area contributed by atoms with Gasteiger partial charge in [0, 0.05) is 4.90 Å². The van der Waals surface area contributed by atoms with E-state index < -0.39 is 0 Å². The Hall–Kier alpha value is -2.52. The summed E-state index contributed by atoms with van der Waals surface area (Å²) < 4.78 is 5.50. The summed E-state index contributed by atoms with van der Waals surface area (Å²) in [4.78, 5) is 13.7. The third kappa shape index (κ3) is 3.87. The Bertz CT molecular complexity index is 811. The molecule has 0 heterocycles. The number of hydrogen-bond donors (Lipinski definition) is 0. The van der Waals surface area contributed by atoms with Crippen molar-refractivity contribution in [3.8, 4) is 11.1 Å². The fourth-order valence-corrected chi connectivity index (χ4v) is 2.89. The number of carbonyl (C=O) groups is 1. The minimum Gasteiger partial charge on any atom is -0.457 e. The smallest absolute Gasteiger partial charge is 0.339 e. The fourth-order valence-electron chi connectivity index (χ4n) is 2.48. The molecule has 0 unspecified atom stereocenters. The molecule has 0 saturated carbocycles. The van der Waals surface area contributed by atoms with Crippen molar-refractivity contribution in [2.24, 2.45) is 0 Å². The molecule has 0 aromatic heterocycles. The van der Waals surface area contributed by atoms with Crippen molar-refractivity contribution in [1.29, 1.82) is 0 Å². The second-order valence-electron chi connectivity index (χ2n) is 5.34. The Balaban J connectivity index is 1.75.